The van der Waals surface area contributed by atoms with Gasteiger partial charge in [-0.2, -0.15) is 4.31 Å². The van der Waals surface area contributed by atoms with Gasteiger partial charge in [-0.05, 0) is 49.8 Å². The highest BCUT2D eigenvalue weighted by Gasteiger charge is 2.22. The first-order chi connectivity index (χ1) is 12.4. The predicted molar refractivity (Wildman–Crippen MR) is 105 cm³/mol. The first kappa shape index (κ1) is 22.6. The minimum atomic E-state index is -3.40. The quantitative estimate of drug-likeness (QED) is 0.481. The number of carboxylic acids is 1. The normalized spacial score (nSPS) is 11.8. The Morgan fingerprint density at radius 2 is 1.46 bits per heavy atom. The average Bonchev–Trinajstić information content (AvgIpc) is 2.61. The first-order valence-electron chi connectivity index (χ1n) is 9.72. The Morgan fingerprint density at radius 3 is 2.00 bits per heavy atom. The molecule has 1 N–H and O–H groups in total. The number of hydrogen-bond acceptors (Lipinski definition) is 3. The van der Waals surface area contributed by atoms with E-state index in [1.54, 1.807) is 16.4 Å². The van der Waals surface area contributed by atoms with Crippen molar-refractivity contribution >= 4 is 16.0 Å². The molecule has 0 heterocycles. The van der Waals surface area contributed by atoms with Crippen LogP contribution in [0.4, 0.5) is 0 Å². The molecule has 0 saturated heterocycles. The van der Waals surface area contributed by atoms with Crippen molar-refractivity contribution in [3.63, 3.8) is 0 Å². The number of aryl methyl sites for hydroxylation is 1. The zero-order valence-electron chi connectivity index (χ0n) is 16.1. The lowest BCUT2D eigenvalue weighted by Crippen LogP contribution is -2.32. The van der Waals surface area contributed by atoms with Gasteiger partial charge in [0.05, 0.1) is 4.90 Å². The lowest BCUT2D eigenvalue weighted by molar-refractivity contribution is -0.137. The van der Waals surface area contributed by atoms with Gasteiger partial charge in [-0.15, -0.1) is 0 Å². The Morgan fingerprint density at radius 1 is 0.923 bits per heavy atom. The summed E-state index contributed by atoms with van der Waals surface area (Å²) in [6.07, 6.45) is 7.64. The number of aliphatic carboxylic acids is 1. The molecule has 0 atom stereocenters. The summed E-state index contributed by atoms with van der Waals surface area (Å²) >= 11 is 0. The maximum Gasteiger partial charge on any atom is 0.303 e. The largest absolute Gasteiger partial charge is 0.481 e. The van der Waals surface area contributed by atoms with Crippen LogP contribution in [-0.2, 0) is 21.2 Å². The fourth-order valence-electron chi connectivity index (χ4n) is 2.96. The SMILES string of the molecule is CCCN(CCC)S(=O)(=O)c1ccc(CCCCCCCC(=O)O)cc1. The van der Waals surface area contributed by atoms with Gasteiger partial charge in [-0.25, -0.2) is 8.42 Å². The van der Waals surface area contributed by atoms with E-state index in [0.29, 0.717) is 18.0 Å². The minimum Gasteiger partial charge on any atom is -0.481 e. The Kier molecular flexibility index (Phi) is 10.5. The molecule has 0 spiro atoms. The molecule has 6 heteroatoms. The molecule has 0 aliphatic heterocycles. The van der Waals surface area contributed by atoms with Crippen molar-refractivity contribution in [1.82, 2.24) is 4.31 Å². The number of sulfonamides is 1. The smallest absolute Gasteiger partial charge is 0.303 e. The molecule has 0 aliphatic rings. The van der Waals surface area contributed by atoms with Crippen LogP contribution < -0.4 is 0 Å². The van der Waals surface area contributed by atoms with Crippen LogP contribution in [0.3, 0.4) is 0 Å². The fraction of sp³-hybridized carbons (Fsp3) is 0.650. The maximum absolute atomic E-state index is 12.7. The van der Waals surface area contributed by atoms with E-state index in [1.807, 2.05) is 26.0 Å². The van der Waals surface area contributed by atoms with Gasteiger partial charge in [0.1, 0.15) is 0 Å². The molecule has 0 saturated carbocycles. The average molecular weight is 384 g/mol. The molecular weight excluding hydrogens is 350 g/mol. The van der Waals surface area contributed by atoms with Gasteiger partial charge in [-0.3, -0.25) is 4.79 Å². The van der Waals surface area contributed by atoms with Crippen molar-refractivity contribution in [3.05, 3.63) is 29.8 Å². The minimum absolute atomic E-state index is 0.253. The van der Waals surface area contributed by atoms with Crippen LogP contribution in [-0.4, -0.2) is 36.9 Å². The lowest BCUT2D eigenvalue weighted by atomic mass is 10.1. The van der Waals surface area contributed by atoms with Crippen LogP contribution >= 0.6 is 0 Å². The first-order valence-corrected chi connectivity index (χ1v) is 11.2. The fourth-order valence-corrected chi connectivity index (χ4v) is 4.59. The van der Waals surface area contributed by atoms with Gasteiger partial charge >= 0.3 is 5.97 Å². The summed E-state index contributed by atoms with van der Waals surface area (Å²) in [7, 11) is -3.40. The predicted octanol–water partition coefficient (Wildman–Crippen LogP) is 4.47. The summed E-state index contributed by atoms with van der Waals surface area (Å²) in [5, 5.41) is 8.59. The molecule has 0 bridgehead atoms. The molecule has 0 amide bonds. The van der Waals surface area contributed by atoms with Gasteiger partial charge in [0.2, 0.25) is 10.0 Å². The molecule has 1 aromatic rings. The number of unbranched alkanes of at least 4 members (excludes halogenated alkanes) is 4. The summed E-state index contributed by atoms with van der Waals surface area (Å²) in [6, 6.07) is 7.26. The second-order valence-electron chi connectivity index (χ2n) is 6.71. The third-order valence-corrected chi connectivity index (χ3v) is 6.28. The zero-order chi connectivity index (χ0) is 19.4. The van der Waals surface area contributed by atoms with E-state index in [2.05, 4.69) is 0 Å². The Hall–Kier alpha value is -1.40. The molecule has 0 unspecified atom stereocenters. The van der Waals surface area contributed by atoms with E-state index < -0.39 is 16.0 Å². The summed E-state index contributed by atoms with van der Waals surface area (Å²) in [4.78, 5) is 10.8. The lowest BCUT2D eigenvalue weighted by Gasteiger charge is -2.21. The molecule has 0 aliphatic carbocycles. The second kappa shape index (κ2) is 12.1. The summed E-state index contributed by atoms with van der Waals surface area (Å²) in [5.74, 6) is -0.725. The highest BCUT2D eigenvalue weighted by molar-refractivity contribution is 7.89. The number of nitrogens with zero attached hydrogens (tertiary/aromatic N) is 1. The molecule has 26 heavy (non-hydrogen) atoms. The number of rotatable bonds is 14. The van der Waals surface area contributed by atoms with Gasteiger partial charge < -0.3 is 5.11 Å². The standard InChI is InChI=1S/C20H33NO4S/c1-3-16-21(17-4-2)26(24,25)19-14-12-18(13-15-19)10-8-6-5-7-9-11-20(22)23/h12-15H,3-11,16-17H2,1-2H3,(H,22,23). The van der Waals surface area contributed by atoms with E-state index in [1.165, 1.54) is 0 Å². The molecule has 0 fully saturated rings. The number of carboxylic acid groups (broad SMARTS) is 1. The molecular formula is C20H33NO4S. The van der Waals surface area contributed by atoms with Crippen LogP contribution in [0.15, 0.2) is 29.2 Å². The van der Waals surface area contributed by atoms with Gasteiger partial charge in [0, 0.05) is 19.5 Å². The highest BCUT2D eigenvalue weighted by atomic mass is 32.2. The van der Waals surface area contributed by atoms with Gasteiger partial charge in [0.15, 0.2) is 0 Å². The number of carbonyl (C=O) groups is 1. The summed E-state index contributed by atoms with van der Waals surface area (Å²) < 4.78 is 27.0. The second-order valence-corrected chi connectivity index (χ2v) is 8.65. The van der Waals surface area contributed by atoms with E-state index in [-0.39, 0.29) is 6.42 Å². The third-order valence-electron chi connectivity index (χ3n) is 4.36. The summed E-state index contributed by atoms with van der Waals surface area (Å²) in [5.41, 5.74) is 1.15. The maximum atomic E-state index is 12.7. The molecule has 0 radical (unpaired) electrons. The van der Waals surface area contributed by atoms with Crippen LogP contribution in [0.25, 0.3) is 0 Å². The Bertz CT molecular complexity index is 620. The molecule has 0 aromatic heterocycles. The monoisotopic (exact) mass is 383 g/mol. The van der Waals surface area contributed by atoms with Crippen LogP contribution in [0.1, 0.15) is 70.8 Å². The topological polar surface area (TPSA) is 74.7 Å². The third kappa shape index (κ3) is 7.87. The number of benzene rings is 1. The van der Waals surface area contributed by atoms with Crippen molar-refractivity contribution < 1.29 is 18.3 Å². The van der Waals surface area contributed by atoms with E-state index in [4.69, 9.17) is 5.11 Å². The van der Waals surface area contributed by atoms with Crippen LogP contribution in [0.2, 0.25) is 0 Å². The van der Waals surface area contributed by atoms with Crippen molar-refractivity contribution in [2.24, 2.45) is 0 Å². The van der Waals surface area contributed by atoms with Crippen molar-refractivity contribution in [2.45, 2.75) is 76.5 Å². The molecule has 1 rings (SSSR count). The summed E-state index contributed by atoms with van der Waals surface area (Å²) in [6.45, 7) is 5.09. The molecule has 1 aromatic carbocycles. The molecule has 5 nitrogen and oxygen atoms in total. The van der Waals surface area contributed by atoms with Crippen molar-refractivity contribution in [1.29, 1.82) is 0 Å². The van der Waals surface area contributed by atoms with E-state index >= 15 is 0 Å². The number of hydrogen-bond donors (Lipinski definition) is 1. The molecule has 148 valence electrons. The van der Waals surface area contributed by atoms with Crippen molar-refractivity contribution in [3.8, 4) is 0 Å². The van der Waals surface area contributed by atoms with E-state index in [0.717, 1.165) is 56.9 Å². The Balaban J connectivity index is 2.48. The zero-order valence-corrected chi connectivity index (χ0v) is 16.9. The Labute approximate surface area is 158 Å². The highest BCUT2D eigenvalue weighted by Crippen LogP contribution is 2.18. The van der Waals surface area contributed by atoms with Crippen LogP contribution in [0, 0.1) is 0 Å². The van der Waals surface area contributed by atoms with Gasteiger partial charge in [0.25, 0.3) is 0 Å². The van der Waals surface area contributed by atoms with Crippen molar-refractivity contribution in [2.75, 3.05) is 13.1 Å². The van der Waals surface area contributed by atoms with E-state index in [9.17, 15) is 13.2 Å². The van der Waals surface area contributed by atoms with Gasteiger partial charge in [-0.1, -0.05) is 45.2 Å². The van der Waals surface area contributed by atoms with Crippen LogP contribution in [0.5, 0.6) is 0 Å².